The van der Waals surface area contributed by atoms with Gasteiger partial charge in [0.05, 0.1) is 52.2 Å². The van der Waals surface area contributed by atoms with E-state index in [0.29, 0.717) is 56.4 Å². The van der Waals surface area contributed by atoms with Crippen LogP contribution in [0.3, 0.4) is 0 Å². The minimum absolute atomic E-state index is 0.0823. The summed E-state index contributed by atoms with van der Waals surface area (Å²) < 4.78 is 105. The highest BCUT2D eigenvalue weighted by molar-refractivity contribution is 5.81. The summed E-state index contributed by atoms with van der Waals surface area (Å²) in [6.45, 7) is 1.08. The number of alkyl halides is 6. The molecule has 0 fully saturated rings. The molecule has 0 amide bonds. The monoisotopic (exact) mass is 860 g/mol. The molecule has 62 heavy (non-hydrogen) atoms. The van der Waals surface area contributed by atoms with E-state index in [0.717, 1.165) is 28.1 Å². The molecule has 0 saturated heterocycles. The van der Waals surface area contributed by atoms with Crippen molar-refractivity contribution in [3.63, 3.8) is 0 Å². The Kier molecular flexibility index (Phi) is 12.9. The van der Waals surface area contributed by atoms with Gasteiger partial charge < -0.3 is 24.1 Å². The zero-order chi connectivity index (χ0) is 44.8. The van der Waals surface area contributed by atoms with Crippen molar-refractivity contribution in [3.8, 4) is 67.8 Å². The van der Waals surface area contributed by atoms with Crippen LogP contribution in [0.2, 0.25) is 0 Å². The highest BCUT2D eigenvalue weighted by Gasteiger charge is 2.37. The van der Waals surface area contributed by atoms with Crippen LogP contribution in [0.4, 0.5) is 26.3 Å². The Hall–Kier alpha value is -7.77. The van der Waals surface area contributed by atoms with Crippen LogP contribution in [0.25, 0.3) is 56.1 Å². The van der Waals surface area contributed by atoms with Crippen molar-refractivity contribution in [2.75, 3.05) is 28.4 Å². The number of carboxylic acids is 1. The number of carboxylic acid groups (broad SMARTS) is 1. The summed E-state index contributed by atoms with van der Waals surface area (Å²) in [4.78, 5) is 25.7. The van der Waals surface area contributed by atoms with E-state index in [4.69, 9.17) is 28.8 Å². The second kappa shape index (κ2) is 18.2. The maximum atomic E-state index is 13.7. The lowest BCUT2D eigenvalue weighted by Gasteiger charge is -2.12. The first-order chi connectivity index (χ1) is 29.6. The zero-order valence-electron chi connectivity index (χ0n) is 33.2. The summed E-state index contributed by atoms with van der Waals surface area (Å²) >= 11 is 0. The van der Waals surface area contributed by atoms with Crippen molar-refractivity contribution in [1.82, 2.24) is 39.2 Å². The Morgan fingerprint density at radius 1 is 0.532 bits per heavy atom. The fourth-order valence-corrected chi connectivity index (χ4v) is 6.09. The molecule has 320 valence electrons. The van der Waals surface area contributed by atoms with Gasteiger partial charge in [-0.15, -0.1) is 0 Å². The number of methoxy groups -OCH3 is 4. The minimum atomic E-state index is -4.61. The summed E-state index contributed by atoms with van der Waals surface area (Å²) in [7, 11) is 5.98. The van der Waals surface area contributed by atoms with Crippen LogP contribution in [0.5, 0.6) is 23.0 Å². The van der Waals surface area contributed by atoms with E-state index in [1.807, 2.05) is 0 Å². The average Bonchev–Trinajstić information content (AvgIpc) is 3.90. The quantitative estimate of drug-likeness (QED) is 0.145. The molecule has 0 aliphatic heterocycles. The molecule has 0 atom stereocenters. The summed E-state index contributed by atoms with van der Waals surface area (Å²) in [6.07, 6.45) is -0.502. The Labute approximate surface area is 348 Å². The largest absolute Gasteiger partial charge is 0.493 e. The van der Waals surface area contributed by atoms with Crippen LogP contribution in [0.1, 0.15) is 18.3 Å². The van der Waals surface area contributed by atoms with Crippen LogP contribution < -0.4 is 18.9 Å². The highest BCUT2D eigenvalue weighted by atomic mass is 19.4. The van der Waals surface area contributed by atoms with Crippen molar-refractivity contribution in [2.45, 2.75) is 19.3 Å². The van der Waals surface area contributed by atoms with Gasteiger partial charge in [-0.1, -0.05) is 12.1 Å². The molecule has 1 N–H and O–H groups in total. The number of nitrogens with zero attached hydrogens (tertiary/aromatic N) is 8. The number of fused-ring (bicyclic) bond motifs is 2. The molecular weight excluding hydrogens is 826 g/mol. The van der Waals surface area contributed by atoms with E-state index in [1.165, 1.54) is 65.6 Å². The molecule has 6 aromatic heterocycles. The standard InChI is InChI=1S/2C20H15F3N4O2.C2H4O2/c2*1-28-16-4-3-13(9-17(16)29-2)14-11-25-27-18(20(21,22)23)10-15(26-19(14)27)12-5-7-24-8-6-12;1-2(3)4/h2*3-11H,1-2H3;1H3,(H,3,4). The number of hydrogen-bond donors (Lipinski definition) is 1. The third-order valence-electron chi connectivity index (χ3n) is 8.87. The van der Waals surface area contributed by atoms with Crippen LogP contribution in [0.15, 0.2) is 110 Å². The minimum Gasteiger partial charge on any atom is -0.493 e. The van der Waals surface area contributed by atoms with E-state index in [9.17, 15) is 26.3 Å². The van der Waals surface area contributed by atoms with Crippen LogP contribution in [-0.2, 0) is 17.1 Å². The molecule has 0 spiro atoms. The molecular formula is C42H34F6N8O6. The van der Waals surface area contributed by atoms with Gasteiger partial charge in [-0.2, -0.15) is 36.5 Å². The number of aromatic nitrogens is 8. The third kappa shape index (κ3) is 9.48. The molecule has 6 heterocycles. The first kappa shape index (κ1) is 43.8. The second-order valence-electron chi connectivity index (χ2n) is 12.8. The molecule has 0 radical (unpaired) electrons. The molecule has 0 aliphatic rings. The smallest absolute Gasteiger partial charge is 0.433 e. The Morgan fingerprint density at radius 2 is 0.871 bits per heavy atom. The van der Waals surface area contributed by atoms with Gasteiger partial charge in [-0.3, -0.25) is 14.8 Å². The molecule has 0 bridgehead atoms. The maximum absolute atomic E-state index is 13.7. The van der Waals surface area contributed by atoms with Crippen molar-refractivity contribution in [2.24, 2.45) is 0 Å². The van der Waals surface area contributed by atoms with Crippen LogP contribution in [-0.4, -0.2) is 78.7 Å². The molecule has 8 rings (SSSR count). The van der Waals surface area contributed by atoms with Gasteiger partial charge in [-0.25, -0.2) is 19.0 Å². The molecule has 0 unspecified atom stereocenters. The predicted molar refractivity (Wildman–Crippen MR) is 213 cm³/mol. The number of ether oxygens (including phenoxy) is 4. The first-order valence-corrected chi connectivity index (χ1v) is 17.9. The van der Waals surface area contributed by atoms with Crippen molar-refractivity contribution in [1.29, 1.82) is 0 Å². The second-order valence-corrected chi connectivity index (χ2v) is 12.8. The zero-order valence-corrected chi connectivity index (χ0v) is 33.2. The van der Waals surface area contributed by atoms with Gasteiger partial charge in [-0.05, 0) is 71.8 Å². The number of halogens is 6. The van der Waals surface area contributed by atoms with Gasteiger partial charge in [0.1, 0.15) is 0 Å². The number of pyridine rings is 2. The summed E-state index contributed by atoms with van der Waals surface area (Å²) in [5, 5.41) is 15.3. The summed E-state index contributed by atoms with van der Waals surface area (Å²) in [6, 6.07) is 18.5. The number of carbonyl (C=O) groups is 1. The molecule has 0 saturated carbocycles. The Morgan fingerprint density at radius 3 is 1.18 bits per heavy atom. The number of hydrogen-bond acceptors (Lipinski definition) is 11. The van der Waals surface area contributed by atoms with Crippen molar-refractivity contribution < 1.29 is 55.2 Å². The lowest BCUT2D eigenvalue weighted by atomic mass is 10.1. The number of rotatable bonds is 8. The van der Waals surface area contributed by atoms with E-state index in [2.05, 4.69) is 30.1 Å². The Balaban J connectivity index is 0.000000191. The van der Waals surface area contributed by atoms with E-state index < -0.39 is 29.7 Å². The maximum Gasteiger partial charge on any atom is 0.433 e. The normalized spacial score (nSPS) is 11.3. The van der Waals surface area contributed by atoms with E-state index in [1.54, 1.807) is 60.7 Å². The number of benzene rings is 2. The van der Waals surface area contributed by atoms with Gasteiger partial charge in [0.25, 0.3) is 5.97 Å². The molecule has 20 heteroatoms. The topological polar surface area (TPSA) is 160 Å². The molecule has 0 aliphatic carbocycles. The van der Waals surface area contributed by atoms with Crippen molar-refractivity contribution >= 4 is 17.3 Å². The number of aliphatic carboxylic acids is 1. The molecule has 8 aromatic rings. The third-order valence-corrected chi connectivity index (χ3v) is 8.87. The summed E-state index contributed by atoms with van der Waals surface area (Å²) in [5.41, 5.74) is 1.80. The lowest BCUT2D eigenvalue weighted by Crippen LogP contribution is -2.13. The summed E-state index contributed by atoms with van der Waals surface area (Å²) in [5.74, 6) is 1.08. The predicted octanol–water partition coefficient (Wildman–Crippen LogP) is 9.08. The lowest BCUT2D eigenvalue weighted by molar-refractivity contribution is -0.143. The van der Waals surface area contributed by atoms with Gasteiger partial charge in [0.15, 0.2) is 45.7 Å². The van der Waals surface area contributed by atoms with Crippen molar-refractivity contribution in [3.05, 3.63) is 121 Å². The SMILES string of the molecule is CC(=O)O.COc1ccc(-c2cnn3c(C(F)(F)F)cc(-c4ccncc4)nc23)cc1OC.COc1ccc(-c2cnn3c(C(F)(F)F)cc(-c4ccncc4)nc23)cc1OC. The first-order valence-electron chi connectivity index (χ1n) is 17.9. The Bertz CT molecular complexity index is 2640. The van der Waals surface area contributed by atoms with E-state index >= 15 is 0 Å². The fourth-order valence-electron chi connectivity index (χ4n) is 6.09. The molecule has 2 aromatic carbocycles. The van der Waals surface area contributed by atoms with Gasteiger partial charge >= 0.3 is 12.4 Å². The van der Waals surface area contributed by atoms with Crippen LogP contribution in [0, 0.1) is 0 Å². The fraction of sp³-hybridized carbons (Fsp3) is 0.167. The van der Waals surface area contributed by atoms with Crippen LogP contribution >= 0.6 is 0 Å². The average molecular weight is 861 g/mol. The van der Waals surface area contributed by atoms with E-state index in [-0.39, 0.29) is 22.7 Å². The highest BCUT2D eigenvalue weighted by Crippen LogP contribution is 2.39. The van der Waals surface area contributed by atoms with Gasteiger partial charge in [0.2, 0.25) is 0 Å². The molecule has 14 nitrogen and oxygen atoms in total. The van der Waals surface area contributed by atoms with Gasteiger partial charge in [0, 0.05) is 54.0 Å².